The van der Waals surface area contributed by atoms with Crippen molar-refractivity contribution in [2.75, 3.05) is 19.7 Å². The van der Waals surface area contributed by atoms with Gasteiger partial charge < -0.3 is 14.7 Å². The van der Waals surface area contributed by atoms with E-state index in [-0.39, 0.29) is 12.3 Å². The number of aromatic nitrogens is 2. The Morgan fingerprint density at radius 3 is 2.39 bits per heavy atom. The summed E-state index contributed by atoms with van der Waals surface area (Å²) >= 11 is 6.20. The van der Waals surface area contributed by atoms with Crippen LogP contribution in [0.2, 0.25) is 5.02 Å². The first kappa shape index (κ1) is 23.1. The maximum Gasteiger partial charge on any atom is 0.331 e. The minimum Gasteiger partial charge on any atom is -0.491 e. The lowest BCUT2D eigenvalue weighted by Gasteiger charge is -2.27. The van der Waals surface area contributed by atoms with Crippen LogP contribution in [0.15, 0.2) is 27.8 Å². The van der Waals surface area contributed by atoms with Crippen LogP contribution in [0.5, 0.6) is 5.75 Å². The summed E-state index contributed by atoms with van der Waals surface area (Å²) in [6.45, 7) is 4.61. The van der Waals surface area contributed by atoms with E-state index in [0.717, 1.165) is 15.7 Å². The van der Waals surface area contributed by atoms with Crippen molar-refractivity contribution in [1.29, 1.82) is 0 Å². The summed E-state index contributed by atoms with van der Waals surface area (Å²) in [6, 6.07) is 4.85. The Bertz CT molecular complexity index is 1100. The number of hydrogen-bond acceptors (Lipinski definition) is 5. The van der Waals surface area contributed by atoms with Crippen LogP contribution in [-0.4, -0.2) is 50.3 Å². The van der Waals surface area contributed by atoms with Gasteiger partial charge in [-0.05, 0) is 56.4 Å². The first-order valence-electron chi connectivity index (χ1n) is 10.2. The number of rotatable bonds is 4. The summed E-state index contributed by atoms with van der Waals surface area (Å²) in [7, 11) is 2.84. The molecule has 0 saturated carbocycles. The van der Waals surface area contributed by atoms with Crippen LogP contribution in [0.1, 0.15) is 40.9 Å². The number of benzene rings is 1. The van der Waals surface area contributed by atoms with Gasteiger partial charge in [-0.2, -0.15) is 0 Å². The van der Waals surface area contributed by atoms with Crippen molar-refractivity contribution in [2.45, 2.75) is 38.7 Å². The predicted molar refractivity (Wildman–Crippen MR) is 118 cm³/mol. The number of amides is 1. The third-order valence-corrected chi connectivity index (χ3v) is 6.46. The van der Waals surface area contributed by atoms with E-state index < -0.39 is 22.8 Å². The first-order chi connectivity index (χ1) is 14.5. The number of aliphatic hydroxyl groups is 1. The maximum atomic E-state index is 13.0. The van der Waals surface area contributed by atoms with Gasteiger partial charge in [0.25, 0.3) is 11.5 Å². The molecule has 1 aromatic heterocycles. The molecule has 0 radical (unpaired) electrons. The van der Waals surface area contributed by atoms with Crippen molar-refractivity contribution < 1.29 is 14.6 Å². The number of halogens is 1. The third kappa shape index (κ3) is 4.85. The molecule has 2 heterocycles. The zero-order valence-electron chi connectivity index (χ0n) is 18.3. The molecule has 1 fully saturated rings. The summed E-state index contributed by atoms with van der Waals surface area (Å²) < 4.78 is 7.99. The van der Waals surface area contributed by atoms with E-state index >= 15 is 0 Å². The van der Waals surface area contributed by atoms with E-state index in [9.17, 15) is 19.5 Å². The molecule has 2 aromatic rings. The van der Waals surface area contributed by atoms with Gasteiger partial charge in [-0.1, -0.05) is 11.6 Å². The largest absolute Gasteiger partial charge is 0.491 e. The summed E-state index contributed by atoms with van der Waals surface area (Å²) in [5, 5.41) is 11.8. The van der Waals surface area contributed by atoms with E-state index in [1.165, 1.54) is 24.7 Å². The Kier molecular flexibility index (Phi) is 6.62. The highest BCUT2D eigenvalue weighted by Gasteiger charge is 2.33. The van der Waals surface area contributed by atoms with Gasteiger partial charge in [-0.25, -0.2) is 4.79 Å². The van der Waals surface area contributed by atoms with E-state index in [1.807, 2.05) is 26.0 Å². The second-order valence-electron chi connectivity index (χ2n) is 8.30. The SMILES string of the molecule is Cc1cc(OCC2(O)CCCN(C(=O)c3cc(=O)n(C)c(=O)n3C)CC2)cc(C)c1Cl. The van der Waals surface area contributed by atoms with Crippen molar-refractivity contribution in [3.63, 3.8) is 0 Å². The van der Waals surface area contributed by atoms with Crippen LogP contribution in [-0.2, 0) is 14.1 Å². The highest BCUT2D eigenvalue weighted by Crippen LogP contribution is 2.28. The molecule has 1 aromatic carbocycles. The zero-order valence-corrected chi connectivity index (χ0v) is 19.0. The number of aryl methyl sites for hydroxylation is 2. The predicted octanol–water partition coefficient (Wildman–Crippen LogP) is 1.79. The van der Waals surface area contributed by atoms with Crippen LogP contribution < -0.4 is 16.0 Å². The van der Waals surface area contributed by atoms with E-state index in [2.05, 4.69) is 0 Å². The summed E-state index contributed by atoms with van der Waals surface area (Å²) in [4.78, 5) is 38.7. The van der Waals surface area contributed by atoms with Crippen molar-refractivity contribution in [3.05, 3.63) is 60.9 Å². The Morgan fingerprint density at radius 1 is 1.10 bits per heavy atom. The fraction of sp³-hybridized carbons (Fsp3) is 0.500. The normalized spacial score (nSPS) is 19.2. The maximum absolute atomic E-state index is 13.0. The average Bonchev–Trinajstić information content (AvgIpc) is 2.93. The van der Waals surface area contributed by atoms with E-state index in [0.29, 0.717) is 43.1 Å². The molecular formula is C22H28ClN3O5. The van der Waals surface area contributed by atoms with Crippen LogP contribution in [0.4, 0.5) is 0 Å². The smallest absolute Gasteiger partial charge is 0.331 e. The Morgan fingerprint density at radius 2 is 1.74 bits per heavy atom. The van der Waals surface area contributed by atoms with Crippen LogP contribution in [0, 0.1) is 13.8 Å². The van der Waals surface area contributed by atoms with Gasteiger partial charge >= 0.3 is 5.69 Å². The molecule has 0 spiro atoms. The van der Waals surface area contributed by atoms with E-state index in [4.69, 9.17) is 16.3 Å². The molecule has 1 atom stereocenters. The molecule has 1 amide bonds. The van der Waals surface area contributed by atoms with Gasteiger partial charge in [0.05, 0.1) is 0 Å². The number of likely N-dealkylation sites (tertiary alicyclic amines) is 1. The zero-order chi connectivity index (χ0) is 22.9. The van der Waals surface area contributed by atoms with Crippen molar-refractivity contribution >= 4 is 17.5 Å². The Labute approximate surface area is 185 Å². The molecule has 9 heteroatoms. The second kappa shape index (κ2) is 8.88. The van der Waals surface area contributed by atoms with Crippen LogP contribution in [0.25, 0.3) is 0 Å². The fourth-order valence-electron chi connectivity index (χ4n) is 3.83. The molecule has 1 unspecified atom stereocenters. The van der Waals surface area contributed by atoms with Gasteiger partial charge in [-0.3, -0.25) is 18.7 Å². The highest BCUT2D eigenvalue weighted by molar-refractivity contribution is 6.32. The average molecular weight is 450 g/mol. The summed E-state index contributed by atoms with van der Waals surface area (Å²) in [5.74, 6) is 0.242. The van der Waals surface area contributed by atoms with Gasteiger partial charge in [0, 0.05) is 38.3 Å². The topological polar surface area (TPSA) is 93.8 Å². The molecule has 1 N–H and O–H groups in total. The molecule has 168 valence electrons. The number of nitrogens with zero attached hydrogens (tertiary/aromatic N) is 3. The highest BCUT2D eigenvalue weighted by atomic mass is 35.5. The van der Waals surface area contributed by atoms with Crippen LogP contribution >= 0.6 is 11.6 Å². The molecule has 1 aliphatic heterocycles. The number of carbonyl (C=O) groups is 1. The van der Waals surface area contributed by atoms with Crippen molar-refractivity contribution in [2.24, 2.45) is 14.1 Å². The Hall–Kier alpha value is -2.58. The van der Waals surface area contributed by atoms with Gasteiger partial charge in [0.1, 0.15) is 23.7 Å². The number of ether oxygens (including phenoxy) is 1. The van der Waals surface area contributed by atoms with Crippen LogP contribution in [0.3, 0.4) is 0 Å². The van der Waals surface area contributed by atoms with Crippen molar-refractivity contribution in [3.8, 4) is 5.75 Å². The minimum atomic E-state index is -1.09. The van der Waals surface area contributed by atoms with Gasteiger partial charge in [0.15, 0.2) is 0 Å². The van der Waals surface area contributed by atoms with Gasteiger partial charge in [0.2, 0.25) is 0 Å². The lowest BCUT2D eigenvalue weighted by atomic mass is 9.96. The standard InChI is InChI=1S/C22H28ClN3O5/c1-14-10-16(11-15(2)19(14)23)31-13-22(30)6-5-8-26(9-7-22)20(28)17-12-18(27)25(4)21(29)24(17)3/h10-12,30H,5-9,13H2,1-4H3. The number of carbonyl (C=O) groups excluding carboxylic acids is 1. The number of hydrogen-bond donors (Lipinski definition) is 1. The minimum absolute atomic E-state index is 0.0434. The molecule has 3 rings (SSSR count). The molecule has 0 bridgehead atoms. The van der Waals surface area contributed by atoms with Crippen molar-refractivity contribution in [1.82, 2.24) is 14.0 Å². The summed E-state index contributed by atoms with van der Waals surface area (Å²) in [6.07, 6.45) is 1.37. The third-order valence-electron chi connectivity index (χ3n) is 5.87. The molecule has 31 heavy (non-hydrogen) atoms. The summed E-state index contributed by atoms with van der Waals surface area (Å²) in [5.41, 5.74) is -0.317. The lowest BCUT2D eigenvalue weighted by molar-refractivity contribution is -0.0163. The van der Waals surface area contributed by atoms with Gasteiger partial charge in [-0.15, -0.1) is 0 Å². The molecule has 1 saturated heterocycles. The second-order valence-corrected chi connectivity index (χ2v) is 8.68. The quantitative estimate of drug-likeness (QED) is 0.768. The molecule has 8 nitrogen and oxygen atoms in total. The fourth-order valence-corrected chi connectivity index (χ4v) is 3.94. The monoisotopic (exact) mass is 449 g/mol. The molecule has 0 aliphatic carbocycles. The molecular weight excluding hydrogens is 422 g/mol. The molecule has 1 aliphatic rings. The first-order valence-corrected chi connectivity index (χ1v) is 10.6. The van der Waals surface area contributed by atoms with E-state index in [1.54, 1.807) is 4.90 Å². The lowest BCUT2D eigenvalue weighted by Crippen LogP contribution is -2.43. The Balaban J connectivity index is 1.71.